The van der Waals surface area contributed by atoms with Crippen LogP contribution in [0.1, 0.15) is 54.0 Å². The van der Waals surface area contributed by atoms with Gasteiger partial charge in [-0.25, -0.2) is 18.7 Å². The topological polar surface area (TPSA) is 146 Å². The summed E-state index contributed by atoms with van der Waals surface area (Å²) in [6.07, 6.45) is 2.44. The zero-order valence-corrected chi connectivity index (χ0v) is 20.5. The van der Waals surface area contributed by atoms with Crippen molar-refractivity contribution < 1.29 is 17.8 Å². The first kappa shape index (κ1) is 26.2. The number of aliphatic imine (C=N–C) groups is 1. The van der Waals surface area contributed by atoms with Crippen LogP contribution in [0.3, 0.4) is 0 Å². The second-order valence-corrected chi connectivity index (χ2v) is 10.1. The molecule has 186 valence electrons. The normalized spacial score (nSPS) is 20.7. The quantitative estimate of drug-likeness (QED) is 0.612. The maximum absolute atomic E-state index is 15.0. The van der Waals surface area contributed by atoms with Crippen molar-refractivity contribution in [2.75, 3.05) is 24.3 Å². The summed E-state index contributed by atoms with van der Waals surface area (Å²) in [5.41, 5.74) is 3.94. The average molecular weight is 503 g/mol. The fraction of sp³-hybridized carbons (Fsp3) is 0.435. The van der Waals surface area contributed by atoms with Gasteiger partial charge in [0.1, 0.15) is 47.1 Å². The molecule has 1 atom stereocenters. The highest BCUT2D eigenvalue weighted by Gasteiger charge is 2.37. The van der Waals surface area contributed by atoms with Gasteiger partial charge in [0.05, 0.1) is 5.56 Å². The van der Waals surface area contributed by atoms with Gasteiger partial charge in [0, 0.05) is 18.2 Å². The summed E-state index contributed by atoms with van der Waals surface area (Å²) in [6.45, 7) is 4.33. The first-order valence-corrected chi connectivity index (χ1v) is 12.1. The minimum Gasteiger partial charge on any atom is -0.444 e. The van der Waals surface area contributed by atoms with E-state index in [0.717, 1.165) is 6.07 Å². The van der Waals surface area contributed by atoms with E-state index in [0.29, 0.717) is 24.0 Å². The van der Waals surface area contributed by atoms with Crippen LogP contribution in [-0.2, 0) is 20.3 Å². The van der Waals surface area contributed by atoms with Gasteiger partial charge in [-0.05, 0) is 43.5 Å². The summed E-state index contributed by atoms with van der Waals surface area (Å²) >= 11 is 0. The molecule has 0 saturated heterocycles. The van der Waals surface area contributed by atoms with Gasteiger partial charge in [0.2, 0.25) is 0 Å². The van der Waals surface area contributed by atoms with Crippen molar-refractivity contribution in [1.29, 1.82) is 5.26 Å². The standard InChI is InChI=1S/C23H26F2N7O2S/c1-14-9-15(10-26)11-28-18(14)20(33)31-17-6-5-16(25)19(30-17)23(12-24)13-35(34)29-8-4-7-22(2,3)21(27)32-23/h5-6,9,11H,4,7-8,12-13H2,1-3H3,(H2,27,32)(H,30,31,33)/q-1/t23-/m0/s1. The molecule has 0 unspecified atom stereocenters. The van der Waals surface area contributed by atoms with Crippen molar-refractivity contribution in [2.24, 2.45) is 20.5 Å². The molecule has 2 aromatic heterocycles. The number of halogens is 2. The van der Waals surface area contributed by atoms with E-state index in [-0.39, 0.29) is 23.9 Å². The van der Waals surface area contributed by atoms with Crippen molar-refractivity contribution in [3.05, 3.63) is 52.7 Å². The molecular formula is C23H26F2N7O2S-. The van der Waals surface area contributed by atoms with E-state index in [2.05, 4.69) is 24.6 Å². The number of alkyl halides is 1. The summed E-state index contributed by atoms with van der Waals surface area (Å²) in [4.78, 5) is 25.2. The molecule has 1 aliphatic rings. The number of amides is 1. The Morgan fingerprint density at radius 2 is 2.11 bits per heavy atom. The van der Waals surface area contributed by atoms with Crippen LogP contribution in [0.4, 0.5) is 14.6 Å². The fourth-order valence-corrected chi connectivity index (χ4v) is 4.73. The smallest absolute Gasteiger partial charge is 0.275 e. The zero-order chi connectivity index (χ0) is 25.8. The summed E-state index contributed by atoms with van der Waals surface area (Å²) in [6, 6.07) is 5.66. The third kappa shape index (κ3) is 5.79. The molecule has 0 bridgehead atoms. The van der Waals surface area contributed by atoms with Crippen LogP contribution in [0, 0.1) is 29.5 Å². The summed E-state index contributed by atoms with van der Waals surface area (Å²) in [5, 5.41) is 11.5. The molecule has 0 aromatic carbocycles. The molecule has 12 heteroatoms. The lowest BCUT2D eigenvalue weighted by Gasteiger charge is -2.34. The molecule has 0 fully saturated rings. The molecule has 35 heavy (non-hydrogen) atoms. The van der Waals surface area contributed by atoms with Gasteiger partial charge in [-0.3, -0.25) is 9.79 Å². The van der Waals surface area contributed by atoms with E-state index in [9.17, 15) is 13.4 Å². The third-order valence-corrected chi connectivity index (χ3v) is 6.95. The fourth-order valence-electron chi connectivity index (χ4n) is 3.62. The van der Waals surface area contributed by atoms with Crippen LogP contribution in [0.15, 0.2) is 33.8 Å². The molecule has 1 aliphatic heterocycles. The van der Waals surface area contributed by atoms with Crippen LogP contribution in [0.2, 0.25) is 0 Å². The highest BCUT2D eigenvalue weighted by molar-refractivity contribution is 7.74. The van der Waals surface area contributed by atoms with E-state index in [1.165, 1.54) is 18.3 Å². The third-order valence-electron chi connectivity index (χ3n) is 5.76. The number of hydrogen-bond acceptors (Lipinski definition) is 9. The Hall–Kier alpha value is -3.46. The van der Waals surface area contributed by atoms with Gasteiger partial charge in [-0.1, -0.05) is 19.6 Å². The van der Waals surface area contributed by atoms with Crippen LogP contribution in [0.25, 0.3) is 0 Å². The maximum atomic E-state index is 15.0. The number of nitrogens with one attached hydrogen (secondary N) is 1. The zero-order valence-electron chi connectivity index (χ0n) is 19.6. The molecule has 2 aromatic rings. The van der Waals surface area contributed by atoms with Gasteiger partial charge < -0.3 is 19.6 Å². The lowest BCUT2D eigenvalue weighted by molar-refractivity contribution is 0.102. The largest absolute Gasteiger partial charge is 0.444 e. The number of rotatable bonds is 4. The highest BCUT2D eigenvalue weighted by Crippen LogP contribution is 2.33. The van der Waals surface area contributed by atoms with Gasteiger partial charge >= 0.3 is 0 Å². The predicted octanol–water partition coefficient (Wildman–Crippen LogP) is 3.54. The average Bonchev–Trinajstić information content (AvgIpc) is 2.81. The van der Waals surface area contributed by atoms with E-state index >= 15 is 4.39 Å². The number of nitrogens with zero attached hydrogens (tertiary/aromatic N) is 5. The van der Waals surface area contributed by atoms with Crippen molar-refractivity contribution in [2.45, 2.75) is 39.2 Å². The SMILES string of the molecule is Cc1cc(C#N)cnc1C(=O)Nc1ccc(F)c([C@]2(CF)C[S-](=O)=NCCCC(C)(C)C(N)=N2)n1. The van der Waals surface area contributed by atoms with E-state index in [1.54, 1.807) is 6.92 Å². The molecule has 3 heterocycles. The molecule has 0 aliphatic carbocycles. The Bertz CT molecular complexity index is 1300. The number of aryl methyl sites for hydroxylation is 1. The van der Waals surface area contributed by atoms with Gasteiger partial charge in [-0.15, -0.1) is 0 Å². The summed E-state index contributed by atoms with van der Waals surface area (Å²) < 4.78 is 46.3. The van der Waals surface area contributed by atoms with Gasteiger partial charge in [0.25, 0.3) is 5.91 Å². The van der Waals surface area contributed by atoms with Crippen molar-refractivity contribution in [3.8, 4) is 6.07 Å². The molecule has 0 spiro atoms. The maximum Gasteiger partial charge on any atom is 0.275 e. The predicted molar refractivity (Wildman–Crippen MR) is 128 cm³/mol. The second kappa shape index (κ2) is 10.4. The number of aromatic nitrogens is 2. The number of carbonyl (C=O) groups is 1. The number of nitrogens with two attached hydrogens (primary N) is 1. The minimum atomic E-state index is -2.00. The number of amidine groups is 1. The van der Waals surface area contributed by atoms with Crippen molar-refractivity contribution in [3.63, 3.8) is 0 Å². The highest BCUT2D eigenvalue weighted by atomic mass is 32.2. The molecular weight excluding hydrogens is 476 g/mol. The summed E-state index contributed by atoms with van der Waals surface area (Å²) in [7, 11) is -1.87. The Labute approximate surface area is 204 Å². The number of nitriles is 1. The van der Waals surface area contributed by atoms with E-state index in [4.69, 9.17) is 11.0 Å². The molecule has 3 rings (SSSR count). The Balaban J connectivity index is 2.07. The first-order chi connectivity index (χ1) is 16.5. The Morgan fingerprint density at radius 1 is 1.37 bits per heavy atom. The molecule has 0 saturated carbocycles. The van der Waals surface area contributed by atoms with Crippen LogP contribution < -0.4 is 11.1 Å². The van der Waals surface area contributed by atoms with Crippen molar-refractivity contribution in [1.82, 2.24) is 9.97 Å². The Morgan fingerprint density at radius 3 is 2.77 bits per heavy atom. The molecule has 9 nitrogen and oxygen atoms in total. The molecule has 1 amide bonds. The minimum absolute atomic E-state index is 0.0412. The van der Waals surface area contributed by atoms with Crippen LogP contribution in [0.5, 0.6) is 0 Å². The van der Waals surface area contributed by atoms with Gasteiger partial charge in [-0.2, -0.15) is 15.9 Å². The number of anilines is 1. The van der Waals surface area contributed by atoms with Crippen molar-refractivity contribution >= 4 is 28.2 Å². The lowest BCUT2D eigenvalue weighted by atomic mass is 9.85. The monoisotopic (exact) mass is 502 g/mol. The van der Waals surface area contributed by atoms with Gasteiger partial charge in [0.15, 0.2) is 0 Å². The first-order valence-electron chi connectivity index (χ1n) is 10.8. The van der Waals surface area contributed by atoms with E-state index < -0.39 is 51.4 Å². The number of hydrogen-bond donors (Lipinski definition) is 2. The number of pyridine rings is 2. The Kier molecular flexibility index (Phi) is 7.80. The number of carbonyl (C=O) groups excluding carboxylic acids is 1. The lowest BCUT2D eigenvalue weighted by Crippen LogP contribution is -2.41. The van der Waals surface area contributed by atoms with Crippen LogP contribution >= 0.6 is 0 Å². The van der Waals surface area contributed by atoms with Crippen LogP contribution in [-0.4, -0.2) is 40.7 Å². The summed E-state index contributed by atoms with van der Waals surface area (Å²) in [5.74, 6) is -2.01. The molecule has 0 radical (unpaired) electrons. The molecule has 3 N–H and O–H groups in total. The van der Waals surface area contributed by atoms with E-state index in [1.807, 2.05) is 19.9 Å². The second-order valence-electron chi connectivity index (χ2n) is 8.95.